The molecule has 0 unspecified atom stereocenters. The van der Waals surface area contributed by atoms with Crippen LogP contribution in [0.15, 0.2) is 24.3 Å². The van der Waals surface area contributed by atoms with E-state index in [1.54, 1.807) is 6.07 Å². The van der Waals surface area contributed by atoms with Crippen molar-refractivity contribution in [2.45, 2.75) is 24.9 Å². The second-order valence-corrected chi connectivity index (χ2v) is 3.96. The van der Waals surface area contributed by atoms with E-state index in [0.29, 0.717) is 0 Å². The number of carbonyl (C=O) groups is 1. The van der Waals surface area contributed by atoms with E-state index in [4.69, 9.17) is 0 Å². The molecular formula is C11H11FN2O3. The van der Waals surface area contributed by atoms with Crippen LogP contribution in [0.4, 0.5) is 4.39 Å². The SMILES string of the molecule is O=C1CC[C@@H]([N+](=O)[O-])[C@H](c2ccccc2F)N1. The second kappa shape index (κ2) is 4.48. The van der Waals surface area contributed by atoms with Gasteiger partial charge >= 0.3 is 0 Å². The fourth-order valence-electron chi connectivity index (χ4n) is 2.03. The van der Waals surface area contributed by atoms with Crippen molar-refractivity contribution in [3.63, 3.8) is 0 Å². The summed E-state index contributed by atoms with van der Waals surface area (Å²) in [5, 5.41) is 13.4. The fourth-order valence-corrected chi connectivity index (χ4v) is 2.03. The van der Waals surface area contributed by atoms with E-state index in [2.05, 4.69) is 5.32 Å². The third-order valence-electron chi connectivity index (χ3n) is 2.88. The summed E-state index contributed by atoms with van der Waals surface area (Å²) in [4.78, 5) is 21.7. The Labute approximate surface area is 96.8 Å². The Kier molecular flexibility index (Phi) is 3.03. The van der Waals surface area contributed by atoms with E-state index in [-0.39, 0.29) is 24.3 Å². The third-order valence-corrected chi connectivity index (χ3v) is 2.88. The Morgan fingerprint density at radius 1 is 1.41 bits per heavy atom. The molecule has 1 aromatic carbocycles. The molecule has 5 nitrogen and oxygen atoms in total. The van der Waals surface area contributed by atoms with E-state index in [9.17, 15) is 19.3 Å². The highest BCUT2D eigenvalue weighted by atomic mass is 19.1. The van der Waals surface area contributed by atoms with Gasteiger partial charge in [0.15, 0.2) is 0 Å². The van der Waals surface area contributed by atoms with Crippen molar-refractivity contribution in [1.29, 1.82) is 0 Å². The first kappa shape index (κ1) is 11.5. The van der Waals surface area contributed by atoms with Crippen molar-refractivity contribution in [1.82, 2.24) is 5.32 Å². The largest absolute Gasteiger partial charge is 0.342 e. The van der Waals surface area contributed by atoms with Gasteiger partial charge in [0.2, 0.25) is 11.9 Å². The molecule has 2 rings (SSSR count). The van der Waals surface area contributed by atoms with Crippen molar-refractivity contribution in [3.8, 4) is 0 Å². The van der Waals surface area contributed by atoms with Crippen molar-refractivity contribution in [2.75, 3.05) is 0 Å². The van der Waals surface area contributed by atoms with Crippen LogP contribution in [-0.4, -0.2) is 16.9 Å². The number of amides is 1. The molecule has 1 fully saturated rings. The summed E-state index contributed by atoms with van der Waals surface area (Å²) in [6.07, 6.45) is 0.244. The molecule has 1 amide bonds. The summed E-state index contributed by atoms with van der Waals surface area (Å²) in [5.41, 5.74) is 0.169. The summed E-state index contributed by atoms with van der Waals surface area (Å²) in [7, 11) is 0. The van der Waals surface area contributed by atoms with Crippen LogP contribution in [0.3, 0.4) is 0 Å². The van der Waals surface area contributed by atoms with Gasteiger partial charge in [-0.3, -0.25) is 14.9 Å². The molecule has 17 heavy (non-hydrogen) atoms. The number of hydrogen-bond acceptors (Lipinski definition) is 3. The summed E-state index contributed by atoms with van der Waals surface area (Å²) in [6.45, 7) is 0. The molecule has 1 aliphatic heterocycles. The predicted molar refractivity (Wildman–Crippen MR) is 57.3 cm³/mol. The highest BCUT2D eigenvalue weighted by Gasteiger charge is 2.39. The molecule has 90 valence electrons. The molecule has 1 aliphatic rings. The second-order valence-electron chi connectivity index (χ2n) is 3.96. The van der Waals surface area contributed by atoms with E-state index >= 15 is 0 Å². The maximum atomic E-state index is 13.6. The predicted octanol–water partition coefficient (Wildman–Crippen LogP) is 1.42. The fraction of sp³-hybridized carbons (Fsp3) is 0.364. The molecule has 2 atom stereocenters. The number of carbonyl (C=O) groups excluding carboxylic acids is 1. The van der Waals surface area contributed by atoms with Crippen LogP contribution < -0.4 is 5.32 Å². The third kappa shape index (κ3) is 2.25. The van der Waals surface area contributed by atoms with Crippen LogP contribution in [0, 0.1) is 15.9 Å². The van der Waals surface area contributed by atoms with Gasteiger partial charge in [0.1, 0.15) is 11.9 Å². The minimum Gasteiger partial charge on any atom is -0.342 e. The quantitative estimate of drug-likeness (QED) is 0.625. The molecule has 0 aromatic heterocycles. The summed E-state index contributed by atoms with van der Waals surface area (Å²) in [5.74, 6) is -0.817. The Bertz CT molecular complexity index is 464. The highest BCUT2D eigenvalue weighted by molar-refractivity contribution is 5.77. The number of nitrogens with one attached hydrogen (secondary N) is 1. The maximum Gasteiger partial charge on any atom is 0.237 e. The van der Waals surface area contributed by atoms with Gasteiger partial charge in [-0.2, -0.15) is 0 Å². The lowest BCUT2D eigenvalue weighted by molar-refractivity contribution is -0.529. The van der Waals surface area contributed by atoms with E-state index in [1.165, 1.54) is 18.2 Å². The highest BCUT2D eigenvalue weighted by Crippen LogP contribution is 2.27. The van der Waals surface area contributed by atoms with E-state index in [1.807, 2.05) is 0 Å². The zero-order valence-corrected chi connectivity index (χ0v) is 8.93. The first-order valence-corrected chi connectivity index (χ1v) is 5.27. The lowest BCUT2D eigenvalue weighted by Crippen LogP contribution is -2.45. The molecular weight excluding hydrogens is 227 g/mol. The lowest BCUT2D eigenvalue weighted by atomic mass is 9.92. The van der Waals surface area contributed by atoms with Crippen molar-refractivity contribution >= 4 is 5.91 Å². The minimum atomic E-state index is -0.968. The average Bonchev–Trinajstić information content (AvgIpc) is 2.29. The molecule has 0 saturated carbocycles. The number of nitro groups is 1. The van der Waals surface area contributed by atoms with Crippen molar-refractivity contribution in [2.24, 2.45) is 0 Å². The van der Waals surface area contributed by atoms with Crippen LogP contribution in [-0.2, 0) is 4.79 Å². The molecule has 1 N–H and O–H groups in total. The molecule has 1 aromatic rings. The number of halogens is 1. The average molecular weight is 238 g/mol. The Morgan fingerprint density at radius 2 is 2.12 bits per heavy atom. The number of nitrogens with zero attached hydrogens (tertiary/aromatic N) is 1. The monoisotopic (exact) mass is 238 g/mol. The number of rotatable bonds is 2. The van der Waals surface area contributed by atoms with Crippen LogP contribution in [0.5, 0.6) is 0 Å². The van der Waals surface area contributed by atoms with Crippen molar-refractivity contribution < 1.29 is 14.1 Å². The van der Waals surface area contributed by atoms with Gasteiger partial charge in [-0.05, 0) is 6.07 Å². The van der Waals surface area contributed by atoms with Gasteiger partial charge < -0.3 is 5.32 Å². The molecule has 0 aliphatic carbocycles. The Hall–Kier alpha value is -1.98. The normalized spacial score (nSPS) is 24.2. The molecule has 0 spiro atoms. The molecule has 1 saturated heterocycles. The smallest absolute Gasteiger partial charge is 0.237 e. The van der Waals surface area contributed by atoms with Crippen molar-refractivity contribution in [3.05, 3.63) is 45.8 Å². The maximum absolute atomic E-state index is 13.6. The van der Waals surface area contributed by atoms with Crippen LogP contribution in [0.1, 0.15) is 24.4 Å². The lowest BCUT2D eigenvalue weighted by Gasteiger charge is -2.26. The van der Waals surface area contributed by atoms with E-state index in [0.717, 1.165) is 0 Å². The number of hydrogen-bond donors (Lipinski definition) is 1. The van der Waals surface area contributed by atoms with Gasteiger partial charge in [-0.1, -0.05) is 18.2 Å². The zero-order valence-electron chi connectivity index (χ0n) is 8.93. The zero-order chi connectivity index (χ0) is 12.4. The van der Waals surface area contributed by atoms with Crippen LogP contribution >= 0.6 is 0 Å². The summed E-state index contributed by atoms with van der Waals surface area (Å²) < 4.78 is 13.6. The van der Waals surface area contributed by atoms with E-state index < -0.39 is 22.8 Å². The van der Waals surface area contributed by atoms with Gasteiger partial charge in [0, 0.05) is 23.3 Å². The first-order valence-electron chi connectivity index (χ1n) is 5.27. The molecule has 0 radical (unpaired) electrons. The minimum absolute atomic E-state index is 0.108. The topological polar surface area (TPSA) is 72.2 Å². The number of benzene rings is 1. The molecule has 6 heteroatoms. The summed E-state index contributed by atoms with van der Waals surface area (Å²) in [6, 6.07) is 3.94. The van der Waals surface area contributed by atoms with Gasteiger partial charge in [0.05, 0.1) is 0 Å². The van der Waals surface area contributed by atoms with Gasteiger partial charge in [0.25, 0.3) is 0 Å². The Morgan fingerprint density at radius 3 is 2.76 bits per heavy atom. The molecule has 1 heterocycles. The first-order chi connectivity index (χ1) is 8.09. The standard InChI is InChI=1S/C11H11FN2O3/c12-8-4-2-1-3-7(8)11-9(14(16)17)5-6-10(15)13-11/h1-4,9,11H,5-6H2,(H,13,15)/t9-,11+/m1/s1. The van der Waals surface area contributed by atoms with Crippen LogP contribution in [0.2, 0.25) is 0 Å². The van der Waals surface area contributed by atoms with Gasteiger partial charge in [-0.15, -0.1) is 0 Å². The Balaban J connectivity index is 2.35. The summed E-state index contributed by atoms with van der Waals surface area (Å²) >= 11 is 0. The number of piperidine rings is 1. The van der Waals surface area contributed by atoms with Crippen LogP contribution in [0.25, 0.3) is 0 Å². The van der Waals surface area contributed by atoms with Gasteiger partial charge in [-0.25, -0.2) is 4.39 Å². The molecule has 0 bridgehead atoms.